The van der Waals surface area contributed by atoms with E-state index in [-0.39, 0.29) is 18.4 Å². The molecule has 1 aromatic carbocycles. The van der Waals surface area contributed by atoms with Gasteiger partial charge in [-0.2, -0.15) is 0 Å². The molecule has 3 rings (SSSR count). The van der Waals surface area contributed by atoms with Crippen LogP contribution < -0.4 is 10.2 Å². The Morgan fingerprint density at radius 1 is 1.35 bits per heavy atom. The van der Waals surface area contributed by atoms with Crippen LogP contribution in [0.15, 0.2) is 36.9 Å². The maximum atomic E-state index is 12.2. The fourth-order valence-corrected chi connectivity index (χ4v) is 3.33. The molecule has 2 aromatic rings. The van der Waals surface area contributed by atoms with Gasteiger partial charge in [0.05, 0.1) is 18.1 Å². The number of imidazole rings is 1. The van der Waals surface area contributed by atoms with Crippen molar-refractivity contribution in [3.63, 3.8) is 0 Å². The molecule has 2 heterocycles. The van der Waals surface area contributed by atoms with E-state index in [1.165, 1.54) is 7.11 Å². The number of nitrogens with one attached hydrogen (secondary N) is 1. The van der Waals surface area contributed by atoms with Gasteiger partial charge in [0.1, 0.15) is 6.54 Å². The number of ether oxygens (including phenoxy) is 1. The summed E-state index contributed by atoms with van der Waals surface area (Å²) in [5.74, 6) is 0.302. The molecule has 1 aromatic heterocycles. The van der Waals surface area contributed by atoms with E-state index in [2.05, 4.69) is 32.2 Å². The molecule has 1 fully saturated rings. The Balaban J connectivity index is 1.67. The SMILES string of the molecule is C=CCn1c(N2CCC(C(=O)NCC(=O)OC)CC2)nc2ccccc21. The highest BCUT2D eigenvalue weighted by Gasteiger charge is 2.27. The van der Waals surface area contributed by atoms with Gasteiger partial charge < -0.3 is 19.5 Å². The number of methoxy groups -OCH3 is 1. The summed E-state index contributed by atoms with van der Waals surface area (Å²) in [6, 6.07) is 8.05. The number of allylic oxidation sites excluding steroid dienone is 1. The molecule has 0 atom stereocenters. The van der Waals surface area contributed by atoms with Gasteiger partial charge in [-0.25, -0.2) is 4.98 Å². The summed E-state index contributed by atoms with van der Waals surface area (Å²) in [4.78, 5) is 30.3. The predicted molar refractivity (Wildman–Crippen MR) is 99.9 cm³/mol. The van der Waals surface area contributed by atoms with E-state index >= 15 is 0 Å². The number of benzene rings is 1. The van der Waals surface area contributed by atoms with Crippen LogP contribution in [0.5, 0.6) is 0 Å². The molecule has 138 valence electrons. The number of hydrogen-bond donors (Lipinski definition) is 1. The first-order chi connectivity index (χ1) is 12.6. The molecule has 1 saturated heterocycles. The van der Waals surface area contributed by atoms with Crippen molar-refractivity contribution in [1.82, 2.24) is 14.9 Å². The highest BCUT2D eigenvalue weighted by molar-refractivity contribution is 5.84. The number of piperidine rings is 1. The van der Waals surface area contributed by atoms with Crippen molar-refractivity contribution in [3.8, 4) is 0 Å². The minimum absolute atomic E-state index is 0.0787. The molecular weight excluding hydrogens is 332 g/mol. The standard InChI is InChI=1S/C19H24N4O3/c1-3-10-23-16-7-5-4-6-15(16)21-19(23)22-11-8-14(9-12-22)18(25)20-13-17(24)26-2/h3-7,14H,1,8-13H2,2H3,(H,20,25). The number of amides is 1. The number of carbonyl (C=O) groups excluding carboxylic acids is 2. The zero-order valence-electron chi connectivity index (χ0n) is 15.0. The Morgan fingerprint density at radius 3 is 2.77 bits per heavy atom. The van der Waals surface area contributed by atoms with Crippen molar-refractivity contribution >= 4 is 28.9 Å². The van der Waals surface area contributed by atoms with Crippen molar-refractivity contribution < 1.29 is 14.3 Å². The number of aromatic nitrogens is 2. The lowest BCUT2D eigenvalue weighted by molar-refractivity contribution is -0.141. The topological polar surface area (TPSA) is 76.5 Å². The van der Waals surface area contributed by atoms with Gasteiger partial charge in [-0.1, -0.05) is 18.2 Å². The van der Waals surface area contributed by atoms with Crippen LogP contribution in [0.2, 0.25) is 0 Å². The molecule has 1 N–H and O–H groups in total. The second-order valence-corrected chi connectivity index (χ2v) is 6.36. The predicted octanol–water partition coefficient (Wildman–Crippen LogP) is 1.73. The number of fused-ring (bicyclic) bond motifs is 1. The van der Waals surface area contributed by atoms with E-state index in [1.54, 1.807) is 0 Å². The Kier molecular flexibility index (Phi) is 5.55. The molecule has 26 heavy (non-hydrogen) atoms. The molecule has 0 radical (unpaired) electrons. The molecule has 1 amide bonds. The monoisotopic (exact) mass is 356 g/mol. The summed E-state index contributed by atoms with van der Waals surface area (Å²) < 4.78 is 6.70. The number of hydrogen-bond acceptors (Lipinski definition) is 5. The van der Waals surface area contributed by atoms with E-state index in [1.807, 2.05) is 24.3 Å². The Bertz CT molecular complexity index is 806. The highest BCUT2D eigenvalue weighted by Crippen LogP contribution is 2.27. The van der Waals surface area contributed by atoms with Crippen molar-refractivity contribution in [2.75, 3.05) is 31.6 Å². The summed E-state index contributed by atoms with van der Waals surface area (Å²) >= 11 is 0. The first kappa shape index (κ1) is 18.0. The van der Waals surface area contributed by atoms with E-state index in [9.17, 15) is 9.59 Å². The normalized spacial score (nSPS) is 15.0. The van der Waals surface area contributed by atoms with Crippen LogP contribution in [-0.4, -0.2) is 48.2 Å². The molecular formula is C19H24N4O3. The average molecular weight is 356 g/mol. The van der Waals surface area contributed by atoms with E-state index in [4.69, 9.17) is 4.98 Å². The maximum absolute atomic E-state index is 12.2. The quantitative estimate of drug-likeness (QED) is 0.630. The van der Waals surface area contributed by atoms with Crippen LogP contribution in [0, 0.1) is 5.92 Å². The number of anilines is 1. The number of carbonyl (C=O) groups is 2. The van der Waals surface area contributed by atoms with E-state index < -0.39 is 5.97 Å². The van der Waals surface area contributed by atoms with Gasteiger partial charge in [0.15, 0.2) is 0 Å². The third kappa shape index (κ3) is 3.71. The van der Waals surface area contributed by atoms with Gasteiger partial charge >= 0.3 is 5.97 Å². The van der Waals surface area contributed by atoms with Crippen LogP contribution in [0.3, 0.4) is 0 Å². The molecule has 0 spiro atoms. The Morgan fingerprint density at radius 2 is 2.08 bits per heavy atom. The zero-order valence-corrected chi connectivity index (χ0v) is 15.0. The Labute approximate surface area is 152 Å². The van der Waals surface area contributed by atoms with Crippen LogP contribution in [0.1, 0.15) is 12.8 Å². The summed E-state index contributed by atoms with van der Waals surface area (Å²) in [5.41, 5.74) is 2.04. The fourth-order valence-electron chi connectivity index (χ4n) is 3.33. The molecule has 0 saturated carbocycles. The van der Waals surface area contributed by atoms with Gasteiger partial charge in [0.25, 0.3) is 0 Å². The summed E-state index contributed by atoms with van der Waals surface area (Å²) in [6.45, 7) is 5.95. The number of para-hydroxylation sites is 2. The van der Waals surface area contributed by atoms with Crippen molar-refractivity contribution in [1.29, 1.82) is 0 Å². The molecule has 0 bridgehead atoms. The van der Waals surface area contributed by atoms with Crippen molar-refractivity contribution in [3.05, 3.63) is 36.9 Å². The molecule has 1 aliphatic rings. The van der Waals surface area contributed by atoms with Crippen LogP contribution in [-0.2, 0) is 20.9 Å². The van der Waals surface area contributed by atoms with Gasteiger partial charge in [0, 0.05) is 25.6 Å². The minimum atomic E-state index is -0.436. The number of esters is 1. The molecule has 7 heteroatoms. The fraction of sp³-hybridized carbons (Fsp3) is 0.421. The minimum Gasteiger partial charge on any atom is -0.468 e. The Hall–Kier alpha value is -2.83. The third-order valence-electron chi connectivity index (χ3n) is 4.73. The molecule has 7 nitrogen and oxygen atoms in total. The summed E-state index contributed by atoms with van der Waals surface area (Å²) in [6.07, 6.45) is 3.32. The van der Waals surface area contributed by atoms with Crippen LogP contribution in [0.25, 0.3) is 11.0 Å². The highest BCUT2D eigenvalue weighted by atomic mass is 16.5. The number of rotatable bonds is 6. The largest absolute Gasteiger partial charge is 0.468 e. The van der Waals surface area contributed by atoms with Gasteiger partial charge in [-0.05, 0) is 25.0 Å². The van der Waals surface area contributed by atoms with Crippen LogP contribution >= 0.6 is 0 Å². The van der Waals surface area contributed by atoms with Crippen LogP contribution in [0.4, 0.5) is 5.95 Å². The first-order valence-electron chi connectivity index (χ1n) is 8.79. The second-order valence-electron chi connectivity index (χ2n) is 6.36. The maximum Gasteiger partial charge on any atom is 0.325 e. The van der Waals surface area contributed by atoms with Gasteiger partial charge in [-0.3, -0.25) is 9.59 Å². The van der Waals surface area contributed by atoms with E-state index in [0.29, 0.717) is 6.54 Å². The van der Waals surface area contributed by atoms with Gasteiger partial charge in [0.2, 0.25) is 11.9 Å². The average Bonchev–Trinajstić information content (AvgIpc) is 3.05. The van der Waals surface area contributed by atoms with Crippen molar-refractivity contribution in [2.45, 2.75) is 19.4 Å². The smallest absolute Gasteiger partial charge is 0.325 e. The molecule has 0 aliphatic carbocycles. The summed E-state index contributed by atoms with van der Waals surface area (Å²) in [7, 11) is 1.31. The zero-order chi connectivity index (χ0) is 18.5. The molecule has 0 unspecified atom stereocenters. The number of nitrogens with zero attached hydrogens (tertiary/aromatic N) is 3. The molecule has 1 aliphatic heterocycles. The van der Waals surface area contributed by atoms with Gasteiger partial charge in [-0.15, -0.1) is 6.58 Å². The summed E-state index contributed by atoms with van der Waals surface area (Å²) in [5, 5.41) is 2.64. The van der Waals surface area contributed by atoms with E-state index in [0.717, 1.165) is 42.9 Å². The first-order valence-corrected chi connectivity index (χ1v) is 8.79. The van der Waals surface area contributed by atoms with Crippen molar-refractivity contribution in [2.24, 2.45) is 5.92 Å². The lowest BCUT2D eigenvalue weighted by Gasteiger charge is -2.32. The lowest BCUT2D eigenvalue weighted by Crippen LogP contribution is -2.42. The lowest BCUT2D eigenvalue weighted by atomic mass is 9.96. The second kappa shape index (κ2) is 8.03. The third-order valence-corrected chi connectivity index (χ3v) is 4.73.